The number of carbonyl (C=O) groups excluding carboxylic acids is 1. The lowest BCUT2D eigenvalue weighted by molar-refractivity contribution is -0.138. The van der Waals surface area contributed by atoms with Crippen LogP contribution in [0.1, 0.15) is 51.9 Å². The van der Waals surface area contributed by atoms with Gasteiger partial charge in [0.05, 0.1) is 37.0 Å². The molecule has 4 aliphatic rings. The molecule has 10 nitrogen and oxygen atoms in total. The van der Waals surface area contributed by atoms with E-state index in [1.165, 1.54) is 23.8 Å². The van der Waals surface area contributed by atoms with Crippen molar-refractivity contribution in [1.82, 2.24) is 24.6 Å². The third kappa shape index (κ3) is 5.58. The molecule has 5 heterocycles. The molecule has 3 aliphatic heterocycles. The largest absolute Gasteiger partial charge is 0.416 e. The molecular weight excluding hydrogens is 621 g/mol. The predicted molar refractivity (Wildman–Crippen MR) is 171 cm³/mol. The van der Waals surface area contributed by atoms with Crippen LogP contribution in [0.5, 0.6) is 0 Å². The van der Waals surface area contributed by atoms with Crippen molar-refractivity contribution in [2.24, 2.45) is 18.4 Å². The van der Waals surface area contributed by atoms with Gasteiger partial charge < -0.3 is 14.6 Å². The fourth-order valence-electron chi connectivity index (χ4n) is 7.13. The molecule has 1 aliphatic carbocycles. The molecule has 8 rings (SSSR count). The van der Waals surface area contributed by atoms with Gasteiger partial charge in [-0.25, -0.2) is 4.98 Å². The van der Waals surface area contributed by atoms with Crippen molar-refractivity contribution in [3.63, 3.8) is 0 Å². The van der Waals surface area contributed by atoms with E-state index in [9.17, 15) is 23.2 Å². The smallest absolute Gasteiger partial charge is 0.381 e. The number of benzene rings is 2. The summed E-state index contributed by atoms with van der Waals surface area (Å²) in [6.45, 7) is 3.63. The summed E-state index contributed by atoms with van der Waals surface area (Å²) in [5, 5.41) is 21.4. The number of amides is 1. The van der Waals surface area contributed by atoms with Gasteiger partial charge in [-0.1, -0.05) is 0 Å². The highest BCUT2D eigenvalue weighted by molar-refractivity contribution is 6.10. The Morgan fingerprint density at radius 1 is 1.08 bits per heavy atom. The monoisotopic (exact) mass is 654 g/mol. The second-order valence-corrected chi connectivity index (χ2v) is 13.5. The van der Waals surface area contributed by atoms with Crippen LogP contribution in [0.2, 0.25) is 0 Å². The van der Waals surface area contributed by atoms with E-state index in [1.54, 1.807) is 41.2 Å². The van der Waals surface area contributed by atoms with E-state index >= 15 is 0 Å². The summed E-state index contributed by atoms with van der Waals surface area (Å²) in [6.07, 6.45) is 0.358. The maximum atomic E-state index is 14.6. The van der Waals surface area contributed by atoms with Gasteiger partial charge in [-0.05, 0) is 95.9 Å². The van der Waals surface area contributed by atoms with Crippen LogP contribution in [-0.4, -0.2) is 63.4 Å². The van der Waals surface area contributed by atoms with Crippen LogP contribution in [0.15, 0.2) is 48.8 Å². The second-order valence-electron chi connectivity index (χ2n) is 13.5. The zero-order valence-electron chi connectivity index (χ0n) is 26.3. The molecule has 1 amide bonds. The minimum atomic E-state index is -4.63. The maximum absolute atomic E-state index is 14.6. The number of likely N-dealkylation sites (tertiary alicyclic amines) is 1. The number of fused-ring (bicyclic) bond motifs is 1. The fraction of sp³-hybridized carbons (Fsp3) is 0.400. The first kappa shape index (κ1) is 30.5. The zero-order chi connectivity index (χ0) is 33.2. The number of aromatic nitrogens is 4. The van der Waals surface area contributed by atoms with Crippen LogP contribution < -0.4 is 10.2 Å². The number of nitrogens with zero attached hydrogens (tertiary/aromatic N) is 7. The van der Waals surface area contributed by atoms with E-state index < -0.39 is 17.6 Å². The number of hydrogen-bond acceptors (Lipinski definition) is 8. The summed E-state index contributed by atoms with van der Waals surface area (Å²) in [5.74, 6) is 0.971. The second kappa shape index (κ2) is 11.4. The molecule has 3 fully saturated rings. The lowest BCUT2D eigenvalue weighted by atomic mass is 9.97. The van der Waals surface area contributed by atoms with E-state index in [0.29, 0.717) is 71.2 Å². The van der Waals surface area contributed by atoms with E-state index in [0.717, 1.165) is 19.5 Å². The van der Waals surface area contributed by atoms with Crippen molar-refractivity contribution in [2.45, 2.75) is 38.5 Å². The Labute approximate surface area is 275 Å². The first-order valence-corrected chi connectivity index (χ1v) is 16.1. The van der Waals surface area contributed by atoms with Crippen LogP contribution in [0.4, 0.5) is 24.8 Å². The molecule has 2 aromatic heterocycles. The number of nitrogens with one attached hydrogen (secondary N) is 1. The van der Waals surface area contributed by atoms with Crippen molar-refractivity contribution in [3.8, 4) is 28.6 Å². The number of alkyl halides is 3. The van der Waals surface area contributed by atoms with Gasteiger partial charge in [0.25, 0.3) is 5.91 Å². The minimum Gasteiger partial charge on any atom is -0.381 e. The predicted octanol–water partition coefficient (Wildman–Crippen LogP) is 5.64. The van der Waals surface area contributed by atoms with Crippen LogP contribution in [0.25, 0.3) is 22.5 Å². The lowest BCUT2D eigenvalue weighted by Gasteiger charge is -2.26. The Hall–Kier alpha value is -4.80. The molecule has 2 aromatic carbocycles. The molecule has 1 N–H and O–H groups in total. The normalized spacial score (nSPS) is 18.6. The molecule has 246 valence electrons. The number of nitriles is 1. The van der Waals surface area contributed by atoms with E-state index in [-0.39, 0.29) is 29.4 Å². The van der Waals surface area contributed by atoms with E-state index in [2.05, 4.69) is 26.5 Å². The van der Waals surface area contributed by atoms with Crippen LogP contribution in [0, 0.1) is 22.7 Å². The summed E-state index contributed by atoms with van der Waals surface area (Å²) in [6, 6.07) is 13.7. The third-order valence-corrected chi connectivity index (χ3v) is 10.1. The Morgan fingerprint density at radius 2 is 1.92 bits per heavy atom. The van der Waals surface area contributed by atoms with Crippen molar-refractivity contribution >= 4 is 17.5 Å². The zero-order valence-corrected chi connectivity index (χ0v) is 26.3. The minimum absolute atomic E-state index is 0.0454. The number of hydrogen-bond donors (Lipinski definition) is 1. The Kier molecular flexibility index (Phi) is 7.26. The van der Waals surface area contributed by atoms with Crippen LogP contribution in [-0.2, 0) is 31.1 Å². The maximum Gasteiger partial charge on any atom is 0.416 e. The van der Waals surface area contributed by atoms with Crippen molar-refractivity contribution < 1.29 is 22.7 Å². The number of rotatable bonds is 8. The molecule has 0 radical (unpaired) electrons. The number of aryl methyl sites for hydroxylation is 1. The summed E-state index contributed by atoms with van der Waals surface area (Å²) >= 11 is 0. The van der Waals surface area contributed by atoms with Crippen molar-refractivity contribution in [1.29, 1.82) is 5.26 Å². The molecule has 1 spiro atoms. The highest BCUT2D eigenvalue weighted by atomic mass is 19.4. The average molecular weight is 655 g/mol. The highest BCUT2D eigenvalue weighted by Crippen LogP contribution is 2.53. The van der Waals surface area contributed by atoms with Gasteiger partial charge in [0, 0.05) is 43.7 Å². The first-order chi connectivity index (χ1) is 23.1. The summed E-state index contributed by atoms with van der Waals surface area (Å²) < 4.78 is 50.7. The van der Waals surface area contributed by atoms with Crippen molar-refractivity contribution in [2.75, 3.05) is 43.1 Å². The third-order valence-electron chi connectivity index (χ3n) is 10.1. The van der Waals surface area contributed by atoms with Crippen LogP contribution >= 0.6 is 0 Å². The molecule has 1 saturated carbocycles. The van der Waals surface area contributed by atoms with E-state index in [1.807, 2.05) is 13.1 Å². The number of ether oxygens (including phenoxy) is 1. The van der Waals surface area contributed by atoms with Gasteiger partial charge >= 0.3 is 6.18 Å². The standard InChI is InChI=1S/C35H33F3N8O2/c1-44-20-41-43-32(44)25-3-2-21(13-39)8-26(25)24-11-30(40-14-23-17-48-18-23)42-31(12-24)46-16-28-27(33(46)47)9-22(10-29(28)35(36,37)38)15-45-7-6-34(19-45)4-5-34/h2-3,8-12,20,23H,4-7,14-19H2,1H3,(H,40,42). The van der Waals surface area contributed by atoms with Gasteiger partial charge in [0.15, 0.2) is 5.82 Å². The van der Waals surface area contributed by atoms with Gasteiger partial charge in [-0.15, -0.1) is 10.2 Å². The van der Waals surface area contributed by atoms with Gasteiger partial charge in [-0.3, -0.25) is 14.6 Å². The molecule has 0 atom stereocenters. The quantitative estimate of drug-likeness (QED) is 0.260. The first-order valence-electron chi connectivity index (χ1n) is 16.1. The molecular formula is C35H33F3N8O2. The van der Waals surface area contributed by atoms with Crippen molar-refractivity contribution in [3.05, 3.63) is 76.6 Å². The van der Waals surface area contributed by atoms with Gasteiger partial charge in [-0.2, -0.15) is 18.4 Å². The lowest BCUT2D eigenvalue weighted by Crippen LogP contribution is -2.33. The molecule has 0 unspecified atom stereocenters. The van der Waals surface area contributed by atoms with Gasteiger partial charge in [0.2, 0.25) is 0 Å². The number of halogens is 3. The SMILES string of the molecule is Cn1cnnc1-c1ccc(C#N)cc1-c1cc(NCC2COC2)nc(N2Cc3c(cc(CN4CCC5(CC5)C4)cc3C(F)(F)F)C2=O)c1. The Bertz CT molecular complexity index is 1980. The number of carbonyl (C=O) groups is 1. The van der Waals surface area contributed by atoms with E-state index in [4.69, 9.17) is 9.72 Å². The number of pyridine rings is 1. The Balaban J connectivity index is 1.19. The molecule has 4 aromatic rings. The Morgan fingerprint density at radius 3 is 2.58 bits per heavy atom. The fourth-order valence-corrected chi connectivity index (χ4v) is 7.13. The molecule has 2 saturated heterocycles. The van der Waals surface area contributed by atoms with Crippen LogP contribution in [0.3, 0.4) is 0 Å². The van der Waals surface area contributed by atoms with Gasteiger partial charge in [0.1, 0.15) is 18.0 Å². The average Bonchev–Trinajstić information content (AvgIpc) is 3.30. The summed E-state index contributed by atoms with van der Waals surface area (Å²) in [5.41, 5.74) is 2.42. The number of anilines is 2. The molecule has 13 heteroatoms. The topological polar surface area (TPSA) is 112 Å². The molecule has 0 bridgehead atoms. The summed E-state index contributed by atoms with van der Waals surface area (Å²) in [4.78, 5) is 22.3. The summed E-state index contributed by atoms with van der Waals surface area (Å²) in [7, 11) is 1.81. The molecule has 48 heavy (non-hydrogen) atoms. The highest BCUT2D eigenvalue weighted by Gasteiger charge is 2.48.